The van der Waals surface area contributed by atoms with Gasteiger partial charge in [0.05, 0.1) is 18.1 Å². The van der Waals surface area contributed by atoms with Crippen molar-refractivity contribution in [2.75, 3.05) is 4.90 Å². The van der Waals surface area contributed by atoms with E-state index in [4.69, 9.17) is 0 Å². The topological polar surface area (TPSA) is 60.8 Å². The first-order valence-electron chi connectivity index (χ1n) is 9.65. The Morgan fingerprint density at radius 1 is 0.931 bits per heavy atom. The normalized spacial score (nSPS) is 19.7. The van der Waals surface area contributed by atoms with Gasteiger partial charge in [0.25, 0.3) is 0 Å². The largest absolute Gasteiger partial charge is 0.508 e. The third-order valence-electron chi connectivity index (χ3n) is 5.49. The summed E-state index contributed by atoms with van der Waals surface area (Å²) >= 11 is 0. The van der Waals surface area contributed by atoms with Crippen LogP contribution in [0, 0.1) is 11.7 Å². The summed E-state index contributed by atoms with van der Waals surface area (Å²) in [6.45, 7) is 0. The molecule has 29 heavy (non-hydrogen) atoms. The molecule has 1 heterocycles. The molecule has 3 atom stereocenters. The average molecular weight is 391 g/mol. The van der Waals surface area contributed by atoms with E-state index >= 15 is 0 Å². The van der Waals surface area contributed by atoms with Crippen LogP contribution < -0.4 is 4.90 Å². The summed E-state index contributed by atoms with van der Waals surface area (Å²) in [5.74, 6) is -0.535. The number of amides is 1. The molecule has 148 valence electrons. The Kier molecular flexibility index (Phi) is 5.32. The molecule has 1 saturated heterocycles. The Balaban J connectivity index is 1.56. The minimum absolute atomic E-state index is 0.0463. The number of phenols is 1. The number of β-lactam (4-membered cyclic amide) rings is 1. The highest BCUT2D eigenvalue weighted by molar-refractivity contribution is 6.03. The summed E-state index contributed by atoms with van der Waals surface area (Å²) in [5, 5.41) is 20.1. The highest BCUT2D eigenvalue weighted by Crippen LogP contribution is 2.46. The zero-order valence-electron chi connectivity index (χ0n) is 15.8. The first-order valence-corrected chi connectivity index (χ1v) is 9.65. The quantitative estimate of drug-likeness (QED) is 0.596. The van der Waals surface area contributed by atoms with E-state index in [0.717, 1.165) is 11.1 Å². The second-order valence-electron chi connectivity index (χ2n) is 7.33. The number of rotatable bonds is 6. The minimum atomic E-state index is -0.635. The molecule has 4 rings (SSSR count). The van der Waals surface area contributed by atoms with Crippen LogP contribution in [0.2, 0.25) is 0 Å². The number of anilines is 1. The summed E-state index contributed by atoms with van der Waals surface area (Å²) in [6.07, 6.45) is 0.356. The first kappa shape index (κ1) is 19.2. The smallest absolute Gasteiger partial charge is 0.233 e. The van der Waals surface area contributed by atoms with Crippen LogP contribution in [-0.2, 0) is 4.79 Å². The molecule has 0 bridgehead atoms. The number of aromatic hydroxyl groups is 1. The van der Waals surface area contributed by atoms with Gasteiger partial charge in [-0.15, -0.1) is 0 Å². The predicted octanol–water partition coefficient (Wildman–Crippen LogP) is 4.75. The number of halogens is 1. The van der Waals surface area contributed by atoms with Gasteiger partial charge in [0.1, 0.15) is 11.6 Å². The van der Waals surface area contributed by atoms with Crippen molar-refractivity contribution in [3.63, 3.8) is 0 Å². The van der Waals surface area contributed by atoms with Gasteiger partial charge in [-0.3, -0.25) is 4.79 Å². The fourth-order valence-electron chi connectivity index (χ4n) is 3.95. The molecular weight excluding hydrogens is 369 g/mol. The molecule has 3 aromatic rings. The lowest BCUT2D eigenvalue weighted by molar-refractivity contribution is -0.131. The third-order valence-corrected chi connectivity index (χ3v) is 5.49. The summed E-state index contributed by atoms with van der Waals surface area (Å²) < 4.78 is 13.3. The van der Waals surface area contributed by atoms with E-state index in [1.54, 1.807) is 41.3 Å². The maximum atomic E-state index is 13.3. The van der Waals surface area contributed by atoms with Crippen molar-refractivity contribution in [2.24, 2.45) is 5.92 Å². The lowest BCUT2D eigenvalue weighted by Gasteiger charge is -2.48. The highest BCUT2D eigenvalue weighted by atomic mass is 19.1. The molecule has 0 saturated carbocycles. The average Bonchev–Trinajstić information content (AvgIpc) is 2.74. The molecule has 5 heteroatoms. The molecule has 1 amide bonds. The Morgan fingerprint density at radius 2 is 1.59 bits per heavy atom. The number of aliphatic hydroxyl groups is 1. The van der Waals surface area contributed by atoms with Crippen molar-refractivity contribution in [1.82, 2.24) is 0 Å². The fraction of sp³-hybridized carbons (Fsp3) is 0.208. The molecule has 0 aromatic heterocycles. The lowest BCUT2D eigenvalue weighted by Crippen LogP contribution is -2.55. The van der Waals surface area contributed by atoms with E-state index in [0.29, 0.717) is 18.5 Å². The van der Waals surface area contributed by atoms with Gasteiger partial charge in [0.2, 0.25) is 5.91 Å². The summed E-state index contributed by atoms with van der Waals surface area (Å²) in [6, 6.07) is 21.8. The zero-order chi connectivity index (χ0) is 20.4. The molecule has 4 nitrogen and oxygen atoms in total. The van der Waals surface area contributed by atoms with Gasteiger partial charge >= 0.3 is 0 Å². The number of benzene rings is 3. The van der Waals surface area contributed by atoms with Crippen LogP contribution in [0.1, 0.15) is 36.1 Å². The standard InChI is InChI=1S/C24H22FNO3/c25-18-8-10-19(11-9-18)26-23(17-6-12-20(27)13-7-17)21(24(26)29)14-15-22(28)16-4-2-1-3-5-16/h1-13,21-23,27-28H,14-15H2. The molecule has 3 aromatic carbocycles. The van der Waals surface area contributed by atoms with Gasteiger partial charge in [-0.25, -0.2) is 4.39 Å². The molecule has 1 aliphatic heterocycles. The Hall–Kier alpha value is -3.18. The number of carbonyl (C=O) groups is 1. The van der Waals surface area contributed by atoms with E-state index < -0.39 is 6.10 Å². The van der Waals surface area contributed by atoms with Crippen molar-refractivity contribution >= 4 is 11.6 Å². The van der Waals surface area contributed by atoms with Crippen LogP contribution in [0.5, 0.6) is 5.75 Å². The first-order chi connectivity index (χ1) is 14.0. The molecule has 0 spiro atoms. The van der Waals surface area contributed by atoms with E-state index in [1.165, 1.54) is 12.1 Å². The van der Waals surface area contributed by atoms with Gasteiger partial charge in [-0.1, -0.05) is 42.5 Å². The summed E-state index contributed by atoms with van der Waals surface area (Å²) in [7, 11) is 0. The lowest BCUT2D eigenvalue weighted by atomic mass is 9.78. The van der Waals surface area contributed by atoms with Crippen LogP contribution in [0.15, 0.2) is 78.9 Å². The summed E-state index contributed by atoms with van der Waals surface area (Å²) in [4.78, 5) is 14.6. The van der Waals surface area contributed by atoms with Crippen LogP contribution in [0.4, 0.5) is 10.1 Å². The summed E-state index contributed by atoms with van der Waals surface area (Å²) in [5.41, 5.74) is 2.36. The van der Waals surface area contributed by atoms with Gasteiger partial charge < -0.3 is 15.1 Å². The van der Waals surface area contributed by atoms with Crippen molar-refractivity contribution in [3.8, 4) is 5.75 Å². The molecule has 1 aliphatic rings. The van der Waals surface area contributed by atoms with Crippen molar-refractivity contribution in [1.29, 1.82) is 0 Å². The zero-order valence-corrected chi connectivity index (χ0v) is 15.8. The number of hydrogen-bond acceptors (Lipinski definition) is 3. The monoisotopic (exact) mass is 391 g/mol. The number of nitrogens with zero attached hydrogens (tertiary/aromatic N) is 1. The maximum absolute atomic E-state index is 13.3. The Morgan fingerprint density at radius 3 is 2.24 bits per heavy atom. The molecule has 0 aliphatic carbocycles. The second kappa shape index (κ2) is 8.05. The van der Waals surface area contributed by atoms with Crippen LogP contribution in [-0.4, -0.2) is 16.1 Å². The molecule has 1 fully saturated rings. The van der Waals surface area contributed by atoms with Crippen molar-refractivity contribution in [2.45, 2.75) is 25.0 Å². The van der Waals surface area contributed by atoms with Crippen molar-refractivity contribution < 1.29 is 19.4 Å². The van der Waals surface area contributed by atoms with Crippen molar-refractivity contribution in [3.05, 3.63) is 95.8 Å². The predicted molar refractivity (Wildman–Crippen MR) is 109 cm³/mol. The minimum Gasteiger partial charge on any atom is -0.508 e. The van der Waals surface area contributed by atoms with Gasteiger partial charge in [0, 0.05) is 5.69 Å². The maximum Gasteiger partial charge on any atom is 0.233 e. The number of carbonyl (C=O) groups excluding carboxylic acids is 1. The number of hydrogen-bond donors (Lipinski definition) is 2. The molecule has 0 radical (unpaired) electrons. The van der Waals surface area contributed by atoms with Gasteiger partial charge in [0.15, 0.2) is 0 Å². The fourth-order valence-corrected chi connectivity index (χ4v) is 3.95. The molecule has 3 unspecified atom stereocenters. The third kappa shape index (κ3) is 3.87. The van der Waals surface area contributed by atoms with E-state index in [1.807, 2.05) is 30.3 Å². The van der Waals surface area contributed by atoms with Gasteiger partial charge in [-0.05, 0) is 60.4 Å². The Labute approximate surface area is 168 Å². The Bertz CT molecular complexity index is 973. The SMILES string of the molecule is O=C1C(CCC(O)c2ccccc2)C(c2ccc(O)cc2)N1c1ccc(F)cc1. The van der Waals surface area contributed by atoms with Crippen LogP contribution >= 0.6 is 0 Å². The molecule has 2 N–H and O–H groups in total. The highest BCUT2D eigenvalue weighted by Gasteiger charge is 2.48. The number of aliphatic hydroxyl groups excluding tert-OH is 1. The van der Waals surface area contributed by atoms with Crippen LogP contribution in [0.3, 0.4) is 0 Å². The van der Waals surface area contributed by atoms with E-state index in [9.17, 15) is 19.4 Å². The van der Waals surface area contributed by atoms with Crippen LogP contribution in [0.25, 0.3) is 0 Å². The van der Waals surface area contributed by atoms with E-state index in [-0.39, 0.29) is 29.4 Å². The second-order valence-corrected chi connectivity index (χ2v) is 7.33. The molecular formula is C24H22FNO3. The van der Waals surface area contributed by atoms with E-state index in [2.05, 4.69) is 0 Å². The number of phenolic OH excluding ortho intramolecular Hbond substituents is 1. The van der Waals surface area contributed by atoms with Gasteiger partial charge in [-0.2, -0.15) is 0 Å².